The van der Waals surface area contributed by atoms with Crippen LogP contribution in [-0.2, 0) is 24.4 Å². The number of nitrogens with zero attached hydrogens (tertiary/aromatic N) is 3. The lowest BCUT2D eigenvalue weighted by Crippen LogP contribution is -2.39. The number of fused-ring (bicyclic) bond motifs is 1. The Morgan fingerprint density at radius 1 is 1.15 bits per heavy atom. The fraction of sp³-hybridized carbons (Fsp3) is 0.346. The summed E-state index contributed by atoms with van der Waals surface area (Å²) in [5, 5.41) is 10.2. The number of carbonyl (C=O) groups is 1. The summed E-state index contributed by atoms with van der Waals surface area (Å²) < 4.78 is 5.86. The summed E-state index contributed by atoms with van der Waals surface area (Å²) in [5.74, 6) is 0.669. The summed E-state index contributed by atoms with van der Waals surface area (Å²) in [5.41, 5.74) is 3.74. The predicted octanol–water partition coefficient (Wildman–Crippen LogP) is 5.89. The topological polar surface area (TPSA) is 75.5 Å². The molecule has 0 unspecified atom stereocenters. The van der Waals surface area contributed by atoms with Crippen LogP contribution in [0.15, 0.2) is 48.7 Å². The number of hydrogen-bond donors (Lipinski definition) is 1. The number of hydrogen-bond acceptors (Lipinski definition) is 5. The Kier molecular flexibility index (Phi) is 7.41. The predicted molar refractivity (Wildman–Crippen MR) is 133 cm³/mol. The van der Waals surface area contributed by atoms with Gasteiger partial charge >= 0.3 is 5.97 Å². The van der Waals surface area contributed by atoms with Crippen LogP contribution in [0.25, 0.3) is 11.4 Å². The van der Waals surface area contributed by atoms with Crippen molar-refractivity contribution in [2.75, 3.05) is 13.1 Å². The van der Waals surface area contributed by atoms with E-state index in [0.717, 1.165) is 54.2 Å². The Balaban J connectivity index is 1.38. The molecule has 0 radical (unpaired) electrons. The van der Waals surface area contributed by atoms with E-state index in [4.69, 9.17) is 38.0 Å². The van der Waals surface area contributed by atoms with Gasteiger partial charge in [0.1, 0.15) is 12.4 Å². The molecule has 2 aromatic carbocycles. The molecule has 0 atom stereocenters. The first-order chi connectivity index (χ1) is 16.2. The minimum atomic E-state index is -0.763. The molecule has 0 aliphatic carbocycles. The quantitative estimate of drug-likeness (QED) is 0.416. The van der Waals surface area contributed by atoms with Crippen LogP contribution in [0.5, 0.6) is 5.75 Å². The molecular weight excluding hydrogens is 473 g/mol. The smallest absolute Gasteiger partial charge is 0.303 e. The van der Waals surface area contributed by atoms with Crippen LogP contribution in [0.1, 0.15) is 37.1 Å². The van der Waals surface area contributed by atoms with Crippen LogP contribution in [0.3, 0.4) is 0 Å². The van der Waals surface area contributed by atoms with E-state index in [1.165, 1.54) is 0 Å². The Bertz CT molecular complexity index is 1180. The van der Waals surface area contributed by atoms with E-state index in [1.807, 2.05) is 50.4 Å². The van der Waals surface area contributed by atoms with E-state index in [9.17, 15) is 4.79 Å². The fourth-order valence-electron chi connectivity index (χ4n) is 4.22. The largest absolute Gasteiger partial charge is 0.489 e. The highest BCUT2D eigenvalue weighted by Gasteiger charge is 2.27. The van der Waals surface area contributed by atoms with Gasteiger partial charge in [0.25, 0.3) is 0 Å². The molecule has 2 heterocycles. The number of aliphatic carboxylic acids is 1. The third kappa shape index (κ3) is 6.26. The third-order valence-corrected chi connectivity index (χ3v) is 6.54. The second-order valence-electron chi connectivity index (χ2n) is 9.42. The number of carboxylic acids is 1. The summed E-state index contributed by atoms with van der Waals surface area (Å²) >= 11 is 12.0. The average molecular weight is 500 g/mol. The monoisotopic (exact) mass is 499 g/mol. The second-order valence-corrected chi connectivity index (χ2v) is 10.2. The number of benzene rings is 2. The maximum Gasteiger partial charge on any atom is 0.303 e. The van der Waals surface area contributed by atoms with Crippen molar-refractivity contribution in [2.24, 2.45) is 5.41 Å². The maximum atomic E-state index is 11.1. The molecule has 0 bridgehead atoms. The van der Waals surface area contributed by atoms with E-state index in [1.54, 1.807) is 12.1 Å². The van der Waals surface area contributed by atoms with Crippen molar-refractivity contribution >= 4 is 29.2 Å². The van der Waals surface area contributed by atoms with E-state index in [2.05, 4.69) is 9.88 Å². The average Bonchev–Trinajstić information content (AvgIpc) is 2.78. The Labute approximate surface area is 209 Å². The van der Waals surface area contributed by atoms with Crippen molar-refractivity contribution in [3.05, 3.63) is 75.5 Å². The standard InChI is InChI=1S/C26H27Cl2N3O3/c1-26(2,12-24(32)33)16-31-10-9-23-19(14-31)13-29-25(30-23)18-4-6-20(7-5-18)34-15-17-3-8-21(27)22(28)11-17/h3-8,11,13H,9-10,12,14-16H2,1-2H3,(H,32,33). The number of ether oxygens (including phenoxy) is 1. The van der Waals surface area contributed by atoms with Gasteiger partial charge in [-0.1, -0.05) is 43.1 Å². The zero-order valence-corrected chi connectivity index (χ0v) is 20.7. The number of aromatic nitrogens is 2. The van der Waals surface area contributed by atoms with Crippen LogP contribution in [0, 0.1) is 5.41 Å². The van der Waals surface area contributed by atoms with Crippen LogP contribution >= 0.6 is 23.2 Å². The zero-order valence-electron chi connectivity index (χ0n) is 19.2. The van der Waals surface area contributed by atoms with Crippen molar-refractivity contribution in [1.29, 1.82) is 0 Å². The van der Waals surface area contributed by atoms with Gasteiger partial charge in [-0.15, -0.1) is 0 Å². The first kappa shape index (κ1) is 24.5. The second kappa shape index (κ2) is 10.3. The van der Waals surface area contributed by atoms with E-state index in [0.29, 0.717) is 22.5 Å². The van der Waals surface area contributed by atoms with Crippen molar-refractivity contribution in [3.8, 4) is 17.1 Å². The van der Waals surface area contributed by atoms with Crippen molar-refractivity contribution in [3.63, 3.8) is 0 Å². The van der Waals surface area contributed by atoms with Gasteiger partial charge in [0.2, 0.25) is 0 Å². The lowest BCUT2D eigenvalue weighted by molar-refractivity contribution is -0.139. The normalized spacial score (nSPS) is 14.0. The van der Waals surface area contributed by atoms with Gasteiger partial charge in [-0.3, -0.25) is 9.69 Å². The zero-order chi connectivity index (χ0) is 24.3. The highest BCUT2D eigenvalue weighted by atomic mass is 35.5. The van der Waals surface area contributed by atoms with Gasteiger partial charge in [0.15, 0.2) is 5.82 Å². The summed E-state index contributed by atoms with van der Waals surface area (Å²) in [4.78, 5) is 22.8. The molecule has 8 heteroatoms. The Morgan fingerprint density at radius 3 is 2.62 bits per heavy atom. The van der Waals surface area contributed by atoms with Gasteiger partial charge in [-0.2, -0.15) is 0 Å². The van der Waals surface area contributed by atoms with Crippen LogP contribution in [-0.4, -0.2) is 39.0 Å². The highest BCUT2D eigenvalue weighted by Crippen LogP contribution is 2.28. The molecule has 1 aromatic heterocycles. The molecule has 34 heavy (non-hydrogen) atoms. The fourth-order valence-corrected chi connectivity index (χ4v) is 4.54. The molecule has 6 nitrogen and oxygen atoms in total. The highest BCUT2D eigenvalue weighted by molar-refractivity contribution is 6.42. The number of carboxylic acid groups (broad SMARTS) is 1. The molecule has 1 N–H and O–H groups in total. The SMILES string of the molecule is CC(C)(CC(=O)O)CN1CCc2nc(-c3ccc(OCc4ccc(Cl)c(Cl)c4)cc3)ncc2C1. The summed E-state index contributed by atoms with van der Waals surface area (Å²) in [6.45, 7) is 6.70. The van der Waals surface area contributed by atoms with Gasteiger partial charge in [0.05, 0.1) is 22.2 Å². The molecule has 3 aromatic rings. The summed E-state index contributed by atoms with van der Waals surface area (Å²) in [6.07, 6.45) is 2.86. The van der Waals surface area contributed by atoms with Gasteiger partial charge in [0, 0.05) is 43.4 Å². The first-order valence-corrected chi connectivity index (χ1v) is 11.9. The Morgan fingerprint density at radius 2 is 1.91 bits per heavy atom. The molecule has 0 fully saturated rings. The molecule has 0 saturated heterocycles. The summed E-state index contributed by atoms with van der Waals surface area (Å²) in [6, 6.07) is 13.2. The molecular formula is C26H27Cl2N3O3. The van der Waals surface area contributed by atoms with E-state index < -0.39 is 5.97 Å². The molecule has 0 amide bonds. The lowest BCUT2D eigenvalue weighted by Gasteiger charge is -2.34. The van der Waals surface area contributed by atoms with Crippen LogP contribution in [0.4, 0.5) is 0 Å². The minimum Gasteiger partial charge on any atom is -0.489 e. The van der Waals surface area contributed by atoms with Crippen molar-refractivity contribution in [2.45, 2.75) is 39.8 Å². The van der Waals surface area contributed by atoms with Crippen molar-refractivity contribution < 1.29 is 14.6 Å². The van der Waals surface area contributed by atoms with E-state index in [-0.39, 0.29) is 11.8 Å². The van der Waals surface area contributed by atoms with Gasteiger partial charge in [-0.25, -0.2) is 9.97 Å². The van der Waals surface area contributed by atoms with E-state index >= 15 is 0 Å². The number of halogens is 2. The Hall–Kier alpha value is -2.67. The van der Waals surface area contributed by atoms with Crippen LogP contribution in [0.2, 0.25) is 10.0 Å². The maximum absolute atomic E-state index is 11.1. The molecule has 4 rings (SSSR count). The molecule has 1 aliphatic heterocycles. The molecule has 0 spiro atoms. The van der Waals surface area contributed by atoms with Gasteiger partial charge in [-0.05, 0) is 47.4 Å². The van der Waals surface area contributed by atoms with Crippen molar-refractivity contribution in [1.82, 2.24) is 14.9 Å². The molecule has 1 aliphatic rings. The lowest BCUT2D eigenvalue weighted by atomic mass is 9.88. The molecule has 0 saturated carbocycles. The van der Waals surface area contributed by atoms with Gasteiger partial charge < -0.3 is 9.84 Å². The minimum absolute atomic E-state index is 0.152. The first-order valence-electron chi connectivity index (χ1n) is 11.1. The van der Waals surface area contributed by atoms with Crippen LogP contribution < -0.4 is 4.74 Å². The third-order valence-electron chi connectivity index (χ3n) is 5.80. The number of rotatable bonds is 8. The summed E-state index contributed by atoms with van der Waals surface area (Å²) in [7, 11) is 0. The molecule has 178 valence electrons.